The Morgan fingerprint density at radius 3 is 2.76 bits per heavy atom. The zero-order chi connectivity index (χ0) is 15.4. The third-order valence-corrected chi connectivity index (χ3v) is 4.39. The van der Waals surface area contributed by atoms with Crippen molar-refractivity contribution in [1.29, 1.82) is 0 Å². The Hall–Kier alpha value is -1.99. The average Bonchev–Trinajstić information content (AvgIpc) is 3.04. The van der Waals surface area contributed by atoms with Crippen LogP contribution >= 0.6 is 22.7 Å². The van der Waals surface area contributed by atoms with Crippen molar-refractivity contribution in [2.75, 3.05) is 7.05 Å². The minimum absolute atomic E-state index is 0.105. The van der Waals surface area contributed by atoms with E-state index in [-0.39, 0.29) is 5.91 Å². The topological polar surface area (TPSA) is 70.5 Å². The van der Waals surface area contributed by atoms with Crippen molar-refractivity contribution in [2.24, 2.45) is 0 Å². The van der Waals surface area contributed by atoms with Gasteiger partial charge >= 0.3 is 5.97 Å². The van der Waals surface area contributed by atoms with Gasteiger partial charge in [0.2, 0.25) is 0 Å². The monoisotopic (exact) mass is 322 g/mol. The highest BCUT2D eigenvalue weighted by molar-refractivity contribution is 7.11. The molecule has 0 aliphatic heterocycles. The van der Waals surface area contributed by atoms with E-state index in [1.54, 1.807) is 34.7 Å². The van der Waals surface area contributed by atoms with E-state index in [1.807, 2.05) is 12.3 Å². The lowest BCUT2D eigenvalue weighted by Gasteiger charge is -2.14. The van der Waals surface area contributed by atoms with Crippen LogP contribution in [0, 0.1) is 6.92 Å². The molecule has 0 fully saturated rings. The number of thiophene rings is 1. The van der Waals surface area contributed by atoms with Gasteiger partial charge in [0.15, 0.2) is 0 Å². The molecule has 0 bridgehead atoms. The summed E-state index contributed by atoms with van der Waals surface area (Å²) in [5.41, 5.74) is 1.43. The van der Waals surface area contributed by atoms with Gasteiger partial charge < -0.3 is 10.0 Å². The molecule has 5 nitrogen and oxygen atoms in total. The van der Waals surface area contributed by atoms with E-state index in [4.69, 9.17) is 5.11 Å². The minimum atomic E-state index is -1.01. The second-order valence-corrected chi connectivity index (χ2v) is 6.43. The molecule has 0 spiro atoms. The number of hydrogen-bond donors (Lipinski definition) is 1. The Kier molecular flexibility index (Phi) is 4.87. The first-order chi connectivity index (χ1) is 9.95. The molecule has 0 unspecified atom stereocenters. The van der Waals surface area contributed by atoms with Crippen molar-refractivity contribution in [3.8, 4) is 0 Å². The molecule has 0 saturated carbocycles. The lowest BCUT2D eigenvalue weighted by Crippen LogP contribution is -2.25. The van der Waals surface area contributed by atoms with Crippen LogP contribution in [0.3, 0.4) is 0 Å². The van der Waals surface area contributed by atoms with Gasteiger partial charge in [-0.3, -0.25) is 4.79 Å². The van der Waals surface area contributed by atoms with Crippen molar-refractivity contribution < 1.29 is 14.7 Å². The number of amides is 1. The number of carboxylic acids is 1. The fraction of sp³-hybridized carbons (Fsp3) is 0.214. The van der Waals surface area contributed by atoms with Gasteiger partial charge in [-0.15, -0.1) is 22.7 Å². The summed E-state index contributed by atoms with van der Waals surface area (Å²) in [5.74, 6) is -1.11. The van der Waals surface area contributed by atoms with Crippen LogP contribution in [-0.4, -0.2) is 33.9 Å². The fourth-order valence-electron chi connectivity index (χ4n) is 1.72. The first kappa shape index (κ1) is 15.4. The lowest BCUT2D eigenvalue weighted by molar-refractivity contribution is -0.131. The summed E-state index contributed by atoms with van der Waals surface area (Å²) in [6.45, 7) is 2.38. The molecule has 2 aromatic rings. The standard InChI is InChI=1S/C14H14N2O3S2/c1-9-15-11(8-20-9)6-16(2)14(19)10-5-12(21-7-10)3-4-13(17)18/h3-5,7-8H,6H2,1-2H3,(H,17,18). The van der Waals surface area contributed by atoms with Gasteiger partial charge in [-0.1, -0.05) is 0 Å². The summed E-state index contributed by atoms with van der Waals surface area (Å²) in [6, 6.07) is 1.69. The molecule has 7 heteroatoms. The Morgan fingerprint density at radius 1 is 1.38 bits per heavy atom. The van der Waals surface area contributed by atoms with Crippen molar-refractivity contribution in [3.05, 3.63) is 44.0 Å². The summed E-state index contributed by atoms with van der Waals surface area (Å²) in [7, 11) is 1.72. The van der Waals surface area contributed by atoms with E-state index < -0.39 is 5.97 Å². The third-order valence-electron chi connectivity index (χ3n) is 2.67. The average molecular weight is 322 g/mol. The second-order valence-electron chi connectivity index (χ2n) is 4.43. The Labute approximate surface area is 130 Å². The summed E-state index contributed by atoms with van der Waals surface area (Å²) in [5, 5.41) is 13.2. The van der Waals surface area contributed by atoms with Crippen LogP contribution in [-0.2, 0) is 11.3 Å². The Bertz CT molecular complexity index is 688. The normalized spacial score (nSPS) is 11.0. The number of aliphatic carboxylic acids is 1. The number of nitrogens with zero attached hydrogens (tertiary/aromatic N) is 2. The van der Waals surface area contributed by atoms with Crippen LogP contribution in [0.5, 0.6) is 0 Å². The van der Waals surface area contributed by atoms with Gasteiger partial charge in [0, 0.05) is 28.8 Å². The maximum atomic E-state index is 12.3. The van der Waals surface area contributed by atoms with Gasteiger partial charge in [0.25, 0.3) is 5.91 Å². The molecule has 1 amide bonds. The fourth-order valence-corrected chi connectivity index (χ4v) is 3.10. The number of hydrogen-bond acceptors (Lipinski definition) is 5. The van der Waals surface area contributed by atoms with Crippen molar-refractivity contribution in [2.45, 2.75) is 13.5 Å². The maximum Gasteiger partial charge on any atom is 0.328 e. The van der Waals surface area contributed by atoms with Crippen molar-refractivity contribution >= 4 is 40.6 Å². The van der Waals surface area contributed by atoms with Crippen LogP contribution in [0.25, 0.3) is 6.08 Å². The van der Waals surface area contributed by atoms with Gasteiger partial charge in [0.05, 0.1) is 22.8 Å². The highest BCUT2D eigenvalue weighted by atomic mass is 32.1. The highest BCUT2D eigenvalue weighted by Gasteiger charge is 2.14. The molecule has 0 saturated heterocycles. The highest BCUT2D eigenvalue weighted by Crippen LogP contribution is 2.18. The SMILES string of the molecule is Cc1nc(CN(C)C(=O)c2csc(C=CC(=O)O)c2)cs1. The molecule has 0 aliphatic rings. The molecule has 1 N–H and O–H groups in total. The Balaban J connectivity index is 2.03. The number of aromatic nitrogens is 1. The van der Waals surface area contributed by atoms with E-state index in [0.29, 0.717) is 12.1 Å². The zero-order valence-electron chi connectivity index (χ0n) is 11.6. The van der Waals surface area contributed by atoms with E-state index in [1.165, 1.54) is 17.4 Å². The predicted octanol–water partition coefficient (Wildman–Crippen LogP) is 2.88. The molecule has 0 atom stereocenters. The van der Waals surface area contributed by atoms with Crippen LogP contribution < -0.4 is 0 Å². The van der Waals surface area contributed by atoms with Crippen LogP contribution in [0.1, 0.15) is 25.9 Å². The number of carboxylic acid groups (broad SMARTS) is 1. The summed E-state index contributed by atoms with van der Waals surface area (Å²) in [4.78, 5) is 29.4. The largest absolute Gasteiger partial charge is 0.478 e. The number of carbonyl (C=O) groups excluding carboxylic acids is 1. The van der Waals surface area contributed by atoms with Crippen molar-refractivity contribution in [1.82, 2.24) is 9.88 Å². The molecule has 21 heavy (non-hydrogen) atoms. The number of aryl methyl sites for hydroxylation is 1. The number of thiazole rings is 1. The van der Waals surface area contributed by atoms with E-state index in [9.17, 15) is 9.59 Å². The molecule has 2 rings (SSSR count). The summed E-state index contributed by atoms with van der Waals surface area (Å²) >= 11 is 2.89. The first-order valence-corrected chi connectivity index (χ1v) is 7.87. The van der Waals surface area contributed by atoms with Gasteiger partial charge in [-0.05, 0) is 19.1 Å². The second kappa shape index (κ2) is 6.64. The molecular formula is C14H14N2O3S2. The maximum absolute atomic E-state index is 12.3. The summed E-state index contributed by atoms with van der Waals surface area (Å²) in [6.07, 6.45) is 2.54. The summed E-state index contributed by atoms with van der Waals surface area (Å²) < 4.78 is 0. The zero-order valence-corrected chi connectivity index (χ0v) is 13.2. The lowest BCUT2D eigenvalue weighted by atomic mass is 10.2. The van der Waals surface area contributed by atoms with E-state index >= 15 is 0 Å². The molecule has 0 radical (unpaired) electrons. The quantitative estimate of drug-likeness (QED) is 0.859. The van der Waals surface area contributed by atoms with Crippen LogP contribution in [0.2, 0.25) is 0 Å². The smallest absolute Gasteiger partial charge is 0.328 e. The van der Waals surface area contributed by atoms with Gasteiger partial charge in [-0.25, -0.2) is 9.78 Å². The van der Waals surface area contributed by atoms with Gasteiger partial charge in [-0.2, -0.15) is 0 Å². The number of rotatable bonds is 5. The predicted molar refractivity (Wildman–Crippen MR) is 83.6 cm³/mol. The minimum Gasteiger partial charge on any atom is -0.478 e. The molecule has 0 aliphatic carbocycles. The van der Waals surface area contributed by atoms with Crippen LogP contribution in [0.4, 0.5) is 0 Å². The molecule has 0 aromatic carbocycles. The van der Waals surface area contributed by atoms with E-state index in [0.717, 1.165) is 21.7 Å². The molecule has 110 valence electrons. The first-order valence-electron chi connectivity index (χ1n) is 6.11. The third kappa shape index (κ3) is 4.24. The van der Waals surface area contributed by atoms with E-state index in [2.05, 4.69) is 4.98 Å². The molecule has 2 aromatic heterocycles. The van der Waals surface area contributed by atoms with Crippen LogP contribution in [0.15, 0.2) is 22.9 Å². The molecular weight excluding hydrogens is 308 g/mol. The number of carbonyl (C=O) groups is 2. The van der Waals surface area contributed by atoms with Crippen molar-refractivity contribution in [3.63, 3.8) is 0 Å². The molecule has 2 heterocycles. The van der Waals surface area contributed by atoms with Gasteiger partial charge in [0.1, 0.15) is 0 Å². The Morgan fingerprint density at radius 2 is 2.14 bits per heavy atom.